The average Bonchev–Trinajstić information content (AvgIpc) is 2.45. The van der Waals surface area contributed by atoms with Crippen molar-refractivity contribution in [1.82, 2.24) is 4.98 Å². The first kappa shape index (κ1) is 12.6. The van der Waals surface area contributed by atoms with Crippen molar-refractivity contribution in [3.63, 3.8) is 0 Å². The summed E-state index contributed by atoms with van der Waals surface area (Å²) >= 11 is 3.51. The van der Waals surface area contributed by atoms with Gasteiger partial charge in [0.15, 0.2) is 5.01 Å². The molecular weight excluding hydrogens is 306 g/mol. The molecule has 4 heteroatoms. The summed E-state index contributed by atoms with van der Waals surface area (Å²) in [5.41, 5.74) is 1.80. The molecule has 0 spiro atoms. The van der Waals surface area contributed by atoms with Crippen LogP contribution in [0.25, 0.3) is 0 Å². The van der Waals surface area contributed by atoms with Crippen LogP contribution in [-0.2, 0) is 6.42 Å². The third kappa shape index (κ3) is 2.51. The predicted octanol–water partition coefficient (Wildman–Crippen LogP) is 3.09. The minimum absolute atomic E-state index is 0.0511. The van der Waals surface area contributed by atoms with E-state index >= 15 is 0 Å². The normalized spacial score (nSPS) is 25.5. The Bertz CT molecular complexity index is 561. The van der Waals surface area contributed by atoms with Crippen LogP contribution in [0.15, 0.2) is 48.7 Å². The zero-order valence-corrected chi connectivity index (χ0v) is 11.8. The standard InChI is InChI=1S/C15H14BrNO2/c16-15-12(9-10-5-3-4-8-17-10)14(18)11-6-1-2-7-13(11)19-15/h1-8,12,14-15,18H,9H2. The second-order valence-electron chi connectivity index (χ2n) is 4.64. The van der Waals surface area contributed by atoms with Gasteiger partial charge in [-0.1, -0.05) is 24.3 Å². The minimum Gasteiger partial charge on any atom is -0.478 e. The molecule has 0 saturated heterocycles. The summed E-state index contributed by atoms with van der Waals surface area (Å²) in [4.78, 5) is 4.31. The van der Waals surface area contributed by atoms with Gasteiger partial charge in [0.05, 0.1) is 6.10 Å². The van der Waals surface area contributed by atoms with Crippen molar-refractivity contribution < 1.29 is 9.84 Å². The van der Waals surface area contributed by atoms with Gasteiger partial charge >= 0.3 is 0 Å². The third-order valence-electron chi connectivity index (χ3n) is 3.39. The summed E-state index contributed by atoms with van der Waals surface area (Å²) in [6.07, 6.45) is 1.89. The van der Waals surface area contributed by atoms with Gasteiger partial charge in [0, 0.05) is 23.4 Å². The number of benzene rings is 1. The number of para-hydroxylation sites is 1. The fraction of sp³-hybridized carbons (Fsp3) is 0.267. The van der Waals surface area contributed by atoms with Crippen LogP contribution in [-0.4, -0.2) is 15.1 Å². The van der Waals surface area contributed by atoms with Crippen LogP contribution in [0.5, 0.6) is 5.75 Å². The number of fused-ring (bicyclic) bond motifs is 1. The van der Waals surface area contributed by atoms with Crippen LogP contribution < -0.4 is 4.74 Å². The van der Waals surface area contributed by atoms with E-state index in [1.807, 2.05) is 42.5 Å². The lowest BCUT2D eigenvalue weighted by Crippen LogP contribution is -2.33. The zero-order chi connectivity index (χ0) is 13.2. The molecule has 19 heavy (non-hydrogen) atoms. The maximum absolute atomic E-state index is 10.5. The molecule has 3 nitrogen and oxygen atoms in total. The van der Waals surface area contributed by atoms with Gasteiger partial charge in [0.25, 0.3) is 0 Å². The van der Waals surface area contributed by atoms with Crippen molar-refractivity contribution in [3.8, 4) is 5.75 Å². The van der Waals surface area contributed by atoms with E-state index in [0.29, 0.717) is 6.42 Å². The number of ether oxygens (including phenoxy) is 1. The molecule has 2 heterocycles. The SMILES string of the molecule is OC1c2ccccc2OC(Br)C1Cc1ccccn1. The van der Waals surface area contributed by atoms with E-state index in [2.05, 4.69) is 20.9 Å². The van der Waals surface area contributed by atoms with Crippen LogP contribution in [0.3, 0.4) is 0 Å². The molecule has 98 valence electrons. The van der Waals surface area contributed by atoms with Gasteiger partial charge in [-0.3, -0.25) is 4.98 Å². The number of aliphatic hydroxyl groups is 1. The molecule has 0 amide bonds. The molecule has 1 aromatic heterocycles. The van der Waals surface area contributed by atoms with Crippen molar-refractivity contribution in [1.29, 1.82) is 0 Å². The topological polar surface area (TPSA) is 42.4 Å². The van der Waals surface area contributed by atoms with E-state index in [0.717, 1.165) is 17.0 Å². The van der Waals surface area contributed by atoms with Gasteiger partial charge in [0.1, 0.15) is 5.75 Å². The third-order valence-corrected chi connectivity index (χ3v) is 4.26. The number of hydrogen-bond donors (Lipinski definition) is 1. The smallest absolute Gasteiger partial charge is 0.159 e. The fourth-order valence-corrected chi connectivity index (χ4v) is 3.06. The highest BCUT2D eigenvalue weighted by Crippen LogP contribution is 2.41. The fourth-order valence-electron chi connectivity index (χ4n) is 2.38. The average molecular weight is 320 g/mol. The van der Waals surface area contributed by atoms with Crippen LogP contribution in [0.1, 0.15) is 17.4 Å². The van der Waals surface area contributed by atoms with E-state index in [4.69, 9.17) is 4.74 Å². The number of aromatic nitrogens is 1. The Kier molecular flexibility index (Phi) is 3.53. The van der Waals surface area contributed by atoms with Gasteiger partial charge in [-0.15, -0.1) is 0 Å². The second-order valence-corrected chi connectivity index (χ2v) is 5.54. The minimum atomic E-state index is -0.545. The number of hydrogen-bond acceptors (Lipinski definition) is 3. The molecule has 0 saturated carbocycles. The molecule has 2 aromatic rings. The summed E-state index contributed by atoms with van der Waals surface area (Å²) in [5.74, 6) is 0.693. The van der Waals surface area contributed by atoms with Crippen molar-refractivity contribution in [3.05, 3.63) is 59.9 Å². The van der Waals surface area contributed by atoms with Crippen LogP contribution >= 0.6 is 15.9 Å². The largest absolute Gasteiger partial charge is 0.478 e. The van der Waals surface area contributed by atoms with Crippen molar-refractivity contribution in [2.75, 3.05) is 0 Å². The molecule has 3 rings (SSSR count). The Hall–Kier alpha value is -1.39. The molecule has 1 aliphatic rings. The lowest BCUT2D eigenvalue weighted by molar-refractivity contribution is 0.0389. The Balaban J connectivity index is 1.87. The molecule has 0 radical (unpaired) electrons. The Labute approximate surface area is 120 Å². The van der Waals surface area contributed by atoms with E-state index < -0.39 is 6.10 Å². The Morgan fingerprint density at radius 3 is 2.74 bits per heavy atom. The summed E-state index contributed by atoms with van der Waals surface area (Å²) in [6.45, 7) is 0. The summed E-state index contributed by atoms with van der Waals surface area (Å²) in [7, 11) is 0. The van der Waals surface area contributed by atoms with Crippen molar-refractivity contribution in [2.24, 2.45) is 5.92 Å². The molecule has 1 N–H and O–H groups in total. The maximum atomic E-state index is 10.5. The summed E-state index contributed by atoms with van der Waals surface area (Å²) in [5, 5.41) is 10.3. The zero-order valence-electron chi connectivity index (χ0n) is 10.2. The first-order valence-corrected chi connectivity index (χ1v) is 7.15. The van der Waals surface area contributed by atoms with Crippen LogP contribution in [0.2, 0.25) is 0 Å². The molecular formula is C15H14BrNO2. The Morgan fingerprint density at radius 2 is 1.95 bits per heavy atom. The van der Waals surface area contributed by atoms with E-state index in [-0.39, 0.29) is 10.9 Å². The van der Waals surface area contributed by atoms with E-state index in [1.165, 1.54) is 0 Å². The molecule has 0 aliphatic carbocycles. The van der Waals surface area contributed by atoms with E-state index in [9.17, 15) is 5.11 Å². The van der Waals surface area contributed by atoms with Crippen LogP contribution in [0, 0.1) is 5.92 Å². The monoisotopic (exact) mass is 319 g/mol. The van der Waals surface area contributed by atoms with Crippen molar-refractivity contribution in [2.45, 2.75) is 17.5 Å². The molecule has 1 aliphatic heterocycles. The van der Waals surface area contributed by atoms with Gasteiger partial charge in [0.2, 0.25) is 0 Å². The number of pyridine rings is 1. The molecule has 1 aromatic carbocycles. The predicted molar refractivity (Wildman–Crippen MR) is 76.2 cm³/mol. The number of halogens is 1. The molecule has 0 bridgehead atoms. The van der Waals surface area contributed by atoms with Crippen LogP contribution in [0.4, 0.5) is 0 Å². The maximum Gasteiger partial charge on any atom is 0.159 e. The second kappa shape index (κ2) is 5.31. The first-order valence-electron chi connectivity index (χ1n) is 6.23. The first-order chi connectivity index (χ1) is 9.25. The molecule has 0 fully saturated rings. The van der Waals surface area contributed by atoms with Gasteiger partial charge in [-0.25, -0.2) is 0 Å². The quantitative estimate of drug-likeness (QED) is 0.865. The highest BCUT2D eigenvalue weighted by atomic mass is 79.9. The summed E-state index contributed by atoms with van der Waals surface area (Å²) in [6, 6.07) is 13.4. The van der Waals surface area contributed by atoms with Gasteiger partial charge in [-0.05, 0) is 40.5 Å². The number of rotatable bonds is 2. The number of nitrogens with zero attached hydrogens (tertiary/aromatic N) is 1. The number of alkyl halides is 1. The molecule has 3 atom stereocenters. The van der Waals surface area contributed by atoms with Gasteiger partial charge < -0.3 is 9.84 Å². The highest BCUT2D eigenvalue weighted by molar-refractivity contribution is 9.09. The highest BCUT2D eigenvalue weighted by Gasteiger charge is 2.35. The van der Waals surface area contributed by atoms with Crippen molar-refractivity contribution >= 4 is 15.9 Å². The number of aliphatic hydroxyl groups excluding tert-OH is 1. The lowest BCUT2D eigenvalue weighted by Gasteiger charge is -2.34. The van der Waals surface area contributed by atoms with E-state index in [1.54, 1.807) is 6.20 Å². The Morgan fingerprint density at radius 1 is 1.16 bits per heavy atom. The van der Waals surface area contributed by atoms with Gasteiger partial charge in [-0.2, -0.15) is 0 Å². The summed E-state index contributed by atoms with van der Waals surface area (Å²) < 4.78 is 5.82. The lowest BCUT2D eigenvalue weighted by atomic mass is 9.89. The molecule has 3 unspecified atom stereocenters.